The number of rotatable bonds is 38. The summed E-state index contributed by atoms with van der Waals surface area (Å²) < 4.78 is 0. The lowest BCUT2D eigenvalue weighted by atomic mass is 10.0. The molecular formula is C40H83N8O5+3. The van der Waals surface area contributed by atoms with Crippen LogP contribution in [0.5, 0.6) is 0 Å². The van der Waals surface area contributed by atoms with Gasteiger partial charge in [0.05, 0.1) is 19.6 Å². The largest absolute Gasteiger partial charge is 0.368 e. The van der Waals surface area contributed by atoms with Crippen molar-refractivity contribution in [1.82, 2.24) is 21.3 Å². The lowest BCUT2D eigenvalue weighted by Gasteiger charge is -2.23. The third-order valence-corrected chi connectivity index (χ3v) is 9.83. The van der Waals surface area contributed by atoms with Crippen LogP contribution in [0.2, 0.25) is 0 Å². The van der Waals surface area contributed by atoms with Crippen molar-refractivity contribution in [2.75, 3.05) is 26.2 Å². The van der Waals surface area contributed by atoms with Crippen LogP contribution in [0.1, 0.15) is 180 Å². The van der Waals surface area contributed by atoms with Gasteiger partial charge in [0.25, 0.3) is 0 Å². The Bertz CT molecular complexity index is 954. The predicted octanol–water partition coefficient (Wildman–Crippen LogP) is 2.32. The Labute approximate surface area is 321 Å². The minimum atomic E-state index is -0.661. The molecule has 0 rings (SSSR count). The van der Waals surface area contributed by atoms with Crippen LogP contribution in [0.25, 0.3) is 0 Å². The molecule has 0 aliphatic heterocycles. The quantitative estimate of drug-likeness (QED) is 0.0441. The highest BCUT2D eigenvalue weighted by Crippen LogP contribution is 2.12. The molecule has 0 bridgehead atoms. The normalized spacial score (nSPS) is 12.8. The number of nitrogens with two attached hydrogens (primary N) is 1. The van der Waals surface area contributed by atoms with Crippen molar-refractivity contribution >= 4 is 29.5 Å². The zero-order chi connectivity index (χ0) is 39.4. The highest BCUT2D eigenvalue weighted by Gasteiger charge is 2.26. The molecule has 13 nitrogen and oxygen atoms in total. The molecule has 0 aliphatic rings. The van der Waals surface area contributed by atoms with Crippen LogP contribution in [0.4, 0.5) is 0 Å². The lowest BCUT2D eigenvalue weighted by Crippen LogP contribution is -2.54. The Hall–Kier alpha value is -2.77. The summed E-state index contributed by atoms with van der Waals surface area (Å²) in [6, 6.07) is -1.92. The summed E-state index contributed by atoms with van der Waals surface area (Å²) in [6.45, 7) is 5.11. The topological polar surface area (TPSA) is 242 Å². The van der Waals surface area contributed by atoms with E-state index in [2.05, 4.69) is 45.4 Å². The van der Waals surface area contributed by atoms with Crippen LogP contribution in [0.3, 0.4) is 0 Å². The van der Waals surface area contributed by atoms with E-state index in [4.69, 9.17) is 5.73 Å². The van der Waals surface area contributed by atoms with Crippen molar-refractivity contribution in [3.63, 3.8) is 0 Å². The second-order valence-electron chi connectivity index (χ2n) is 14.8. The van der Waals surface area contributed by atoms with Crippen molar-refractivity contribution in [3.05, 3.63) is 0 Å². The SMILES string of the molecule is CCCCCCCCCCCC(=O)NC(CCCC[NH3+])C(=O)NC(CCCC[NH3+])C(=O)NCCCCCCCCCC(=O)NC(CCCC[NH3+])C(N)=O. The van der Waals surface area contributed by atoms with Gasteiger partial charge in [0.15, 0.2) is 0 Å². The van der Waals surface area contributed by atoms with Gasteiger partial charge < -0.3 is 44.2 Å². The second-order valence-corrected chi connectivity index (χ2v) is 14.8. The van der Waals surface area contributed by atoms with Crippen molar-refractivity contribution in [3.8, 4) is 0 Å². The van der Waals surface area contributed by atoms with Gasteiger partial charge in [-0.05, 0) is 77.0 Å². The van der Waals surface area contributed by atoms with Crippen molar-refractivity contribution in [2.45, 2.75) is 198 Å². The van der Waals surface area contributed by atoms with Crippen LogP contribution in [0.15, 0.2) is 0 Å². The molecule has 0 saturated carbocycles. The molecule has 0 aliphatic carbocycles. The first-order chi connectivity index (χ1) is 25.7. The highest BCUT2D eigenvalue weighted by molar-refractivity contribution is 5.92. The minimum absolute atomic E-state index is 0.101. The average Bonchev–Trinajstić information content (AvgIpc) is 3.13. The monoisotopic (exact) mass is 756 g/mol. The van der Waals surface area contributed by atoms with E-state index in [-0.39, 0.29) is 23.6 Å². The fourth-order valence-corrected chi connectivity index (χ4v) is 6.43. The van der Waals surface area contributed by atoms with Crippen LogP contribution in [-0.4, -0.2) is 73.8 Å². The number of unbranched alkanes of at least 4 members (excludes halogenated alkanes) is 17. The fraction of sp³-hybridized carbons (Fsp3) is 0.875. The standard InChI is InChI=1S/C40H80N8O5/c1-2-3-4-5-6-7-9-12-16-28-37(50)47-35(26-19-22-31-43)40(53)48-34(25-18-21-30-42)39(52)45-32-23-14-11-8-10-13-15-27-36(49)46-33(38(44)51)24-17-20-29-41/h33-35H,2-32,41-43H2,1H3,(H2,44,51)(H,45,52)(H,46,49)(H,47,50)(H,48,53)/p+3. The molecule has 0 heterocycles. The smallest absolute Gasteiger partial charge is 0.243 e. The second kappa shape index (κ2) is 36.2. The molecule has 0 aromatic heterocycles. The minimum Gasteiger partial charge on any atom is -0.368 e. The molecular weight excluding hydrogens is 672 g/mol. The van der Waals surface area contributed by atoms with Gasteiger partial charge in [-0.3, -0.25) is 24.0 Å². The van der Waals surface area contributed by atoms with E-state index in [1.807, 2.05) is 0 Å². The number of carbonyl (C=O) groups is 5. The molecule has 0 saturated heterocycles. The molecule has 0 aromatic carbocycles. The molecule has 0 radical (unpaired) electrons. The van der Waals surface area contributed by atoms with E-state index in [0.29, 0.717) is 38.6 Å². The van der Waals surface area contributed by atoms with Gasteiger partial charge >= 0.3 is 0 Å². The van der Waals surface area contributed by atoms with Gasteiger partial charge in [0.1, 0.15) is 18.1 Å². The number of amides is 5. The molecule has 15 N–H and O–H groups in total. The Morgan fingerprint density at radius 3 is 1.26 bits per heavy atom. The molecule has 13 heteroatoms. The first kappa shape index (κ1) is 50.2. The van der Waals surface area contributed by atoms with E-state index < -0.39 is 24.0 Å². The Morgan fingerprint density at radius 1 is 0.453 bits per heavy atom. The zero-order valence-corrected chi connectivity index (χ0v) is 33.9. The molecule has 3 unspecified atom stereocenters. The van der Waals surface area contributed by atoms with Gasteiger partial charge in [0, 0.05) is 19.4 Å². The highest BCUT2D eigenvalue weighted by atomic mass is 16.2. The van der Waals surface area contributed by atoms with Gasteiger partial charge in [-0.25, -0.2) is 0 Å². The Kier molecular flexibility index (Phi) is 34.3. The van der Waals surface area contributed by atoms with Crippen LogP contribution >= 0.6 is 0 Å². The van der Waals surface area contributed by atoms with Crippen LogP contribution in [-0.2, 0) is 24.0 Å². The summed E-state index contributed by atoms with van der Waals surface area (Å²) in [5.74, 6) is -1.19. The zero-order valence-electron chi connectivity index (χ0n) is 33.9. The maximum Gasteiger partial charge on any atom is 0.243 e. The van der Waals surface area contributed by atoms with Gasteiger partial charge in [-0.15, -0.1) is 0 Å². The maximum absolute atomic E-state index is 13.5. The third-order valence-electron chi connectivity index (χ3n) is 9.83. The summed E-state index contributed by atoms with van der Waals surface area (Å²) in [6.07, 6.45) is 24.7. The molecule has 3 atom stereocenters. The summed E-state index contributed by atoms with van der Waals surface area (Å²) >= 11 is 0. The number of primary amides is 1. The molecule has 0 spiro atoms. The number of carbonyl (C=O) groups excluding carboxylic acids is 5. The number of hydrogen-bond acceptors (Lipinski definition) is 5. The Morgan fingerprint density at radius 2 is 0.830 bits per heavy atom. The molecule has 310 valence electrons. The third kappa shape index (κ3) is 30.3. The average molecular weight is 756 g/mol. The van der Waals surface area contributed by atoms with Crippen molar-refractivity contribution in [1.29, 1.82) is 0 Å². The summed E-state index contributed by atoms with van der Waals surface area (Å²) in [7, 11) is 0. The van der Waals surface area contributed by atoms with Crippen molar-refractivity contribution in [2.24, 2.45) is 5.73 Å². The predicted molar refractivity (Wildman–Crippen MR) is 212 cm³/mol. The van der Waals surface area contributed by atoms with Crippen molar-refractivity contribution < 1.29 is 41.2 Å². The van der Waals surface area contributed by atoms with Crippen LogP contribution < -0.4 is 44.2 Å². The molecule has 0 fully saturated rings. The van der Waals surface area contributed by atoms with E-state index in [1.54, 1.807) is 0 Å². The summed E-state index contributed by atoms with van der Waals surface area (Å²) in [5.41, 5.74) is 17.0. The number of nitrogens with one attached hydrogen (secondary N) is 4. The van der Waals surface area contributed by atoms with Gasteiger partial charge in [-0.1, -0.05) is 90.4 Å². The first-order valence-electron chi connectivity index (χ1n) is 21.5. The van der Waals surface area contributed by atoms with E-state index in [9.17, 15) is 24.0 Å². The van der Waals surface area contributed by atoms with Gasteiger partial charge in [-0.2, -0.15) is 0 Å². The Balaban J connectivity index is 4.58. The fourth-order valence-electron chi connectivity index (χ4n) is 6.43. The lowest BCUT2D eigenvalue weighted by molar-refractivity contribution is -0.369. The van der Waals surface area contributed by atoms with E-state index in [1.165, 1.54) is 38.5 Å². The van der Waals surface area contributed by atoms with E-state index in [0.717, 1.165) is 122 Å². The maximum atomic E-state index is 13.5. The number of hydrogen-bond donors (Lipinski definition) is 8. The molecule has 5 amide bonds. The van der Waals surface area contributed by atoms with Gasteiger partial charge in [0.2, 0.25) is 29.5 Å². The molecule has 0 aromatic rings. The summed E-state index contributed by atoms with van der Waals surface area (Å²) in [4.78, 5) is 63.4. The molecule has 53 heavy (non-hydrogen) atoms. The summed E-state index contributed by atoms with van der Waals surface area (Å²) in [5, 5.41) is 11.7. The van der Waals surface area contributed by atoms with E-state index >= 15 is 0 Å². The number of quaternary nitrogens is 3. The van der Waals surface area contributed by atoms with Crippen LogP contribution in [0, 0.1) is 0 Å². The first-order valence-corrected chi connectivity index (χ1v) is 21.5.